The topological polar surface area (TPSA) is 86.8 Å². The number of sulfonamides is 1. The van der Waals surface area contributed by atoms with Gasteiger partial charge in [-0.2, -0.15) is 0 Å². The van der Waals surface area contributed by atoms with Crippen molar-refractivity contribution in [3.63, 3.8) is 0 Å². The standard InChI is InChI=1S/C26H35Cl2N3O4S/c1-7-19(5)29-26(33)24(8-2)30(15-20-9-10-21(27)14-23(20)28)25(32)16-31(36(6,34)35)22-12-17(3)11-18(4)13-22/h9-14,19,24H,7-8,15-16H2,1-6H3,(H,29,33)/t19-,24+/m1/s1. The average Bonchev–Trinajstić information content (AvgIpc) is 2.76. The first-order chi connectivity index (χ1) is 16.8. The number of nitrogens with zero attached hydrogens (tertiary/aromatic N) is 2. The lowest BCUT2D eigenvalue weighted by atomic mass is 10.1. The zero-order valence-corrected chi connectivity index (χ0v) is 24.0. The van der Waals surface area contributed by atoms with E-state index in [0.29, 0.717) is 27.7 Å². The van der Waals surface area contributed by atoms with Gasteiger partial charge in [-0.25, -0.2) is 8.42 Å². The van der Waals surface area contributed by atoms with Crippen molar-refractivity contribution in [2.75, 3.05) is 17.1 Å². The van der Waals surface area contributed by atoms with Crippen molar-refractivity contribution < 1.29 is 18.0 Å². The number of benzene rings is 2. The number of amides is 2. The van der Waals surface area contributed by atoms with Crippen LogP contribution in [0.3, 0.4) is 0 Å². The highest BCUT2D eigenvalue weighted by atomic mass is 35.5. The fourth-order valence-corrected chi connectivity index (χ4v) is 5.20. The predicted octanol–water partition coefficient (Wildman–Crippen LogP) is 5.10. The number of aryl methyl sites for hydroxylation is 2. The third kappa shape index (κ3) is 8.11. The number of halogens is 2. The number of nitrogens with one attached hydrogen (secondary N) is 1. The molecule has 2 rings (SSSR count). The van der Waals surface area contributed by atoms with E-state index in [4.69, 9.17) is 23.2 Å². The minimum Gasteiger partial charge on any atom is -0.352 e. The average molecular weight is 557 g/mol. The number of rotatable bonds is 11. The molecule has 1 N–H and O–H groups in total. The molecule has 2 atom stereocenters. The number of hydrogen-bond acceptors (Lipinski definition) is 4. The molecule has 0 saturated carbocycles. The Morgan fingerprint density at radius 2 is 1.61 bits per heavy atom. The quantitative estimate of drug-likeness (QED) is 0.418. The van der Waals surface area contributed by atoms with Gasteiger partial charge in [-0.15, -0.1) is 0 Å². The molecule has 0 unspecified atom stereocenters. The fraction of sp³-hybridized carbons (Fsp3) is 0.462. The van der Waals surface area contributed by atoms with Gasteiger partial charge in [0, 0.05) is 22.6 Å². The van der Waals surface area contributed by atoms with Crippen molar-refractivity contribution in [2.45, 2.75) is 66.1 Å². The number of hydrogen-bond donors (Lipinski definition) is 1. The van der Waals surface area contributed by atoms with Crippen molar-refractivity contribution in [3.8, 4) is 0 Å². The Kier molecular flexibility index (Phi) is 10.6. The monoisotopic (exact) mass is 555 g/mol. The van der Waals surface area contributed by atoms with Gasteiger partial charge in [0.15, 0.2) is 0 Å². The smallest absolute Gasteiger partial charge is 0.244 e. The van der Waals surface area contributed by atoms with Crippen molar-refractivity contribution in [1.29, 1.82) is 0 Å². The zero-order chi connectivity index (χ0) is 27.2. The van der Waals surface area contributed by atoms with E-state index in [-0.39, 0.29) is 18.5 Å². The lowest BCUT2D eigenvalue weighted by Crippen LogP contribution is -2.53. The summed E-state index contributed by atoms with van der Waals surface area (Å²) in [5.74, 6) is -0.820. The van der Waals surface area contributed by atoms with Gasteiger partial charge in [0.05, 0.1) is 11.9 Å². The minimum atomic E-state index is -3.80. The maximum absolute atomic E-state index is 13.8. The van der Waals surface area contributed by atoms with Crippen LogP contribution in [0.15, 0.2) is 36.4 Å². The van der Waals surface area contributed by atoms with E-state index >= 15 is 0 Å². The molecule has 0 aliphatic rings. The SMILES string of the molecule is CC[C@@H](C)NC(=O)[C@H](CC)N(Cc1ccc(Cl)cc1Cl)C(=O)CN(c1cc(C)cc(C)c1)S(C)(=O)=O. The Labute approximate surface area is 224 Å². The second-order valence-electron chi connectivity index (χ2n) is 9.11. The highest BCUT2D eigenvalue weighted by molar-refractivity contribution is 7.92. The molecular weight excluding hydrogens is 521 g/mol. The van der Waals surface area contributed by atoms with Crippen molar-refractivity contribution in [1.82, 2.24) is 10.2 Å². The van der Waals surface area contributed by atoms with Gasteiger partial charge >= 0.3 is 0 Å². The summed E-state index contributed by atoms with van der Waals surface area (Å²) in [4.78, 5) is 28.3. The Balaban J connectivity index is 2.51. The van der Waals surface area contributed by atoms with Crippen LogP contribution < -0.4 is 9.62 Å². The zero-order valence-electron chi connectivity index (χ0n) is 21.6. The van der Waals surface area contributed by atoms with Crippen molar-refractivity contribution in [3.05, 3.63) is 63.1 Å². The predicted molar refractivity (Wildman–Crippen MR) is 147 cm³/mol. The number of carbonyl (C=O) groups excluding carboxylic acids is 2. The van der Waals surface area contributed by atoms with Gasteiger partial charge in [0.25, 0.3) is 0 Å². The molecule has 0 spiro atoms. The van der Waals surface area contributed by atoms with E-state index in [2.05, 4.69) is 5.32 Å². The molecule has 10 heteroatoms. The Morgan fingerprint density at radius 1 is 1.00 bits per heavy atom. The summed E-state index contributed by atoms with van der Waals surface area (Å²) in [6.07, 6.45) is 2.13. The van der Waals surface area contributed by atoms with Crippen LogP contribution in [0.25, 0.3) is 0 Å². The summed E-state index contributed by atoms with van der Waals surface area (Å²) in [6.45, 7) is 8.93. The molecule has 0 aliphatic carbocycles. The molecule has 0 radical (unpaired) electrons. The van der Waals surface area contributed by atoms with E-state index < -0.39 is 28.5 Å². The summed E-state index contributed by atoms with van der Waals surface area (Å²) in [6, 6.07) is 9.38. The fourth-order valence-electron chi connectivity index (χ4n) is 3.90. The molecule has 0 aromatic heterocycles. The molecule has 0 heterocycles. The first kappa shape index (κ1) is 29.9. The normalized spacial score (nSPS) is 13.1. The third-order valence-electron chi connectivity index (χ3n) is 5.92. The number of carbonyl (C=O) groups is 2. The highest BCUT2D eigenvalue weighted by Crippen LogP contribution is 2.25. The summed E-state index contributed by atoms with van der Waals surface area (Å²) >= 11 is 12.4. The Morgan fingerprint density at radius 3 is 2.11 bits per heavy atom. The maximum atomic E-state index is 13.8. The highest BCUT2D eigenvalue weighted by Gasteiger charge is 2.32. The van der Waals surface area contributed by atoms with Gasteiger partial charge < -0.3 is 10.2 Å². The van der Waals surface area contributed by atoms with Crippen LogP contribution in [0.1, 0.15) is 50.3 Å². The molecule has 7 nitrogen and oxygen atoms in total. The van der Waals surface area contributed by atoms with Crippen LogP contribution in [0, 0.1) is 13.8 Å². The van der Waals surface area contributed by atoms with Gasteiger partial charge in [-0.1, -0.05) is 49.2 Å². The number of anilines is 1. The molecule has 0 aliphatic heterocycles. The van der Waals surface area contributed by atoms with Gasteiger partial charge in [0.2, 0.25) is 21.8 Å². The van der Waals surface area contributed by atoms with Crippen LogP contribution >= 0.6 is 23.2 Å². The van der Waals surface area contributed by atoms with Gasteiger partial charge in [-0.05, 0) is 74.6 Å². The van der Waals surface area contributed by atoms with Crippen LogP contribution in [-0.2, 0) is 26.2 Å². The third-order valence-corrected chi connectivity index (χ3v) is 7.64. The van der Waals surface area contributed by atoms with Crippen LogP contribution in [-0.4, -0.2) is 50.0 Å². The van der Waals surface area contributed by atoms with Crippen molar-refractivity contribution >= 4 is 50.7 Å². The van der Waals surface area contributed by atoms with Crippen molar-refractivity contribution in [2.24, 2.45) is 0 Å². The van der Waals surface area contributed by atoms with Crippen LogP contribution in [0.5, 0.6) is 0 Å². The first-order valence-electron chi connectivity index (χ1n) is 11.9. The summed E-state index contributed by atoms with van der Waals surface area (Å²) in [7, 11) is -3.80. The molecule has 0 bridgehead atoms. The van der Waals surface area contributed by atoms with E-state index in [1.54, 1.807) is 30.3 Å². The van der Waals surface area contributed by atoms with Crippen LogP contribution in [0.2, 0.25) is 10.0 Å². The second-order valence-corrected chi connectivity index (χ2v) is 11.9. The van der Waals surface area contributed by atoms with E-state index in [0.717, 1.165) is 28.1 Å². The summed E-state index contributed by atoms with van der Waals surface area (Å²) < 4.78 is 26.6. The molecule has 2 aromatic carbocycles. The van der Waals surface area contributed by atoms with Gasteiger partial charge in [-0.3, -0.25) is 13.9 Å². The molecule has 2 amide bonds. The maximum Gasteiger partial charge on any atom is 0.244 e. The molecule has 0 saturated heterocycles. The second kappa shape index (κ2) is 12.8. The molecule has 0 fully saturated rings. The van der Waals surface area contributed by atoms with E-state index in [9.17, 15) is 18.0 Å². The largest absolute Gasteiger partial charge is 0.352 e. The van der Waals surface area contributed by atoms with E-state index in [1.807, 2.05) is 40.7 Å². The molecular formula is C26H35Cl2N3O4S. The molecule has 198 valence electrons. The first-order valence-corrected chi connectivity index (χ1v) is 14.5. The Bertz CT molecular complexity index is 1180. The van der Waals surface area contributed by atoms with E-state index in [1.165, 1.54) is 4.90 Å². The molecule has 36 heavy (non-hydrogen) atoms. The lowest BCUT2D eigenvalue weighted by Gasteiger charge is -2.33. The Hall–Kier alpha value is -2.29. The van der Waals surface area contributed by atoms with Crippen LogP contribution in [0.4, 0.5) is 5.69 Å². The summed E-state index contributed by atoms with van der Waals surface area (Å²) in [5.41, 5.74) is 2.73. The van der Waals surface area contributed by atoms with Gasteiger partial charge in [0.1, 0.15) is 12.6 Å². The summed E-state index contributed by atoms with van der Waals surface area (Å²) in [5, 5.41) is 3.74. The minimum absolute atomic E-state index is 0.0196. The lowest BCUT2D eigenvalue weighted by molar-refractivity contribution is -0.140. The molecule has 2 aromatic rings.